The lowest BCUT2D eigenvalue weighted by atomic mass is 9.71. The number of rotatable bonds is 7. The van der Waals surface area contributed by atoms with Crippen molar-refractivity contribution in [3.8, 4) is 0 Å². The van der Waals surface area contributed by atoms with Gasteiger partial charge in [0.15, 0.2) is 0 Å². The first kappa shape index (κ1) is 24.0. The molecule has 0 bridgehead atoms. The van der Waals surface area contributed by atoms with E-state index in [4.69, 9.17) is 0 Å². The maximum absolute atomic E-state index is 12.4. The Morgan fingerprint density at radius 1 is 0.917 bits per heavy atom. The molecule has 1 unspecified atom stereocenters. The number of likely N-dealkylation sites (N-methyl/N-ethyl adjacent to an activating group) is 1. The molecule has 0 saturated carbocycles. The Bertz CT molecular complexity index is 1230. The van der Waals surface area contributed by atoms with Crippen molar-refractivity contribution in [3.05, 3.63) is 113 Å². The van der Waals surface area contributed by atoms with Crippen LogP contribution in [0.25, 0.3) is 0 Å². The maximum Gasteiger partial charge on any atom is 0.271 e. The summed E-state index contributed by atoms with van der Waals surface area (Å²) < 4.78 is 0. The Morgan fingerprint density at radius 3 is 2.33 bits per heavy atom. The maximum atomic E-state index is 12.4. The molecule has 2 aliphatic rings. The molecule has 1 amide bonds. The molecular weight excluding hydrogens is 444 g/mol. The Labute approximate surface area is 214 Å². The van der Waals surface area contributed by atoms with Crippen LogP contribution in [0.4, 0.5) is 5.69 Å². The predicted molar refractivity (Wildman–Crippen MR) is 147 cm³/mol. The minimum absolute atomic E-state index is 0.215. The topological polar surface area (TPSA) is 47.9 Å². The highest BCUT2D eigenvalue weighted by molar-refractivity contribution is 5.94. The van der Waals surface area contributed by atoms with E-state index >= 15 is 0 Å². The number of para-hydroxylation sites is 1. The van der Waals surface area contributed by atoms with E-state index in [1.165, 1.54) is 54.9 Å². The summed E-state index contributed by atoms with van der Waals surface area (Å²) >= 11 is 0. The molecule has 5 heteroatoms. The Morgan fingerprint density at radius 2 is 1.58 bits per heavy atom. The molecule has 5 nitrogen and oxygen atoms in total. The summed E-state index contributed by atoms with van der Waals surface area (Å²) in [6, 6.07) is 28.7. The molecule has 1 saturated heterocycles. The molecule has 1 fully saturated rings. The first-order valence-corrected chi connectivity index (χ1v) is 12.9. The van der Waals surface area contributed by atoms with Crippen molar-refractivity contribution in [1.29, 1.82) is 0 Å². The minimum Gasteiger partial charge on any atom is -0.347 e. The van der Waals surface area contributed by atoms with Crippen molar-refractivity contribution in [3.63, 3.8) is 0 Å². The van der Waals surface area contributed by atoms with E-state index in [0.717, 1.165) is 13.0 Å². The van der Waals surface area contributed by atoms with Crippen LogP contribution in [0.5, 0.6) is 0 Å². The summed E-state index contributed by atoms with van der Waals surface area (Å²) in [5.74, 6) is -0.215. The molecule has 1 atom stereocenters. The monoisotopic (exact) mass is 478 g/mol. The number of hydrazone groups is 1. The van der Waals surface area contributed by atoms with Crippen molar-refractivity contribution in [2.75, 3.05) is 31.6 Å². The van der Waals surface area contributed by atoms with Gasteiger partial charge in [-0.2, -0.15) is 5.10 Å². The highest BCUT2D eigenvalue weighted by Gasteiger charge is 2.47. The van der Waals surface area contributed by atoms with Gasteiger partial charge in [-0.3, -0.25) is 4.79 Å². The number of fused-ring (bicyclic) bond motifs is 1. The molecule has 5 rings (SSSR count). The third kappa shape index (κ3) is 4.71. The average Bonchev–Trinajstić information content (AvgIpc) is 3.19. The van der Waals surface area contributed by atoms with E-state index in [9.17, 15) is 4.79 Å². The van der Waals surface area contributed by atoms with E-state index < -0.39 is 0 Å². The van der Waals surface area contributed by atoms with Crippen molar-refractivity contribution < 1.29 is 4.79 Å². The van der Waals surface area contributed by atoms with Crippen LogP contribution in [0.2, 0.25) is 0 Å². The number of carbonyl (C=O) groups excluding carboxylic acids is 1. The fourth-order valence-corrected chi connectivity index (χ4v) is 5.73. The summed E-state index contributed by atoms with van der Waals surface area (Å²) in [6.07, 6.45) is 8.67. The van der Waals surface area contributed by atoms with E-state index in [1.807, 2.05) is 18.2 Å². The summed E-state index contributed by atoms with van der Waals surface area (Å²) in [4.78, 5) is 17.3. The Kier molecular flexibility index (Phi) is 7.28. The summed E-state index contributed by atoms with van der Waals surface area (Å²) in [7, 11) is 2.13. The number of allylic oxidation sites excluding steroid dienone is 2. The number of benzene rings is 3. The van der Waals surface area contributed by atoms with Crippen molar-refractivity contribution in [1.82, 2.24) is 10.3 Å². The number of nitrogens with zero attached hydrogens (tertiary/aromatic N) is 3. The predicted octanol–water partition coefficient (Wildman–Crippen LogP) is 5.60. The molecule has 36 heavy (non-hydrogen) atoms. The van der Waals surface area contributed by atoms with Crippen LogP contribution in [-0.2, 0) is 5.41 Å². The number of hydrogen-bond donors (Lipinski definition) is 1. The van der Waals surface area contributed by atoms with Crippen LogP contribution in [0.1, 0.15) is 47.2 Å². The van der Waals surface area contributed by atoms with E-state index in [0.29, 0.717) is 5.56 Å². The van der Waals surface area contributed by atoms with Gasteiger partial charge in [0, 0.05) is 30.2 Å². The van der Waals surface area contributed by atoms with Gasteiger partial charge in [0.05, 0.1) is 5.41 Å². The summed E-state index contributed by atoms with van der Waals surface area (Å²) in [5, 5.41) is 4.28. The standard InChI is InChI=1S/C31H34N4O/c1-34-28-18-10-9-17-27(28)31(26-15-7-3-8-16-26,20-24-35-22-11-4-12-23-35)29(34)19-21-32-33-30(36)25-13-5-2-6-14-25/h2-3,5-10,13-19,21H,4,11-12,20,22-24H2,1H3,(H,33,36)/b29-19-,32-21+. The summed E-state index contributed by atoms with van der Waals surface area (Å²) in [5.41, 5.74) is 7.96. The molecule has 2 heterocycles. The first-order valence-electron chi connectivity index (χ1n) is 12.9. The molecule has 0 aliphatic carbocycles. The fourth-order valence-electron chi connectivity index (χ4n) is 5.73. The molecule has 3 aromatic rings. The number of anilines is 1. The molecule has 0 aromatic heterocycles. The number of hydrogen-bond acceptors (Lipinski definition) is 4. The van der Waals surface area contributed by atoms with Gasteiger partial charge in [0.2, 0.25) is 0 Å². The van der Waals surface area contributed by atoms with Crippen molar-refractivity contribution >= 4 is 17.8 Å². The van der Waals surface area contributed by atoms with Gasteiger partial charge in [0.1, 0.15) is 0 Å². The van der Waals surface area contributed by atoms with Crippen LogP contribution < -0.4 is 10.3 Å². The van der Waals surface area contributed by atoms with Gasteiger partial charge in [-0.05, 0) is 74.3 Å². The van der Waals surface area contributed by atoms with Crippen LogP contribution >= 0.6 is 0 Å². The van der Waals surface area contributed by atoms with Crippen molar-refractivity contribution in [2.45, 2.75) is 31.1 Å². The number of piperidine rings is 1. The highest BCUT2D eigenvalue weighted by atomic mass is 16.2. The highest BCUT2D eigenvalue weighted by Crippen LogP contribution is 2.53. The number of amides is 1. The van der Waals surface area contributed by atoms with Crippen LogP contribution in [0, 0.1) is 0 Å². The lowest BCUT2D eigenvalue weighted by Crippen LogP contribution is -2.38. The molecule has 0 radical (unpaired) electrons. The molecule has 1 N–H and O–H groups in total. The molecule has 0 spiro atoms. The first-order chi connectivity index (χ1) is 17.7. The fraction of sp³-hybridized carbons (Fsp3) is 0.290. The second-order valence-corrected chi connectivity index (χ2v) is 9.64. The zero-order chi connectivity index (χ0) is 24.8. The second-order valence-electron chi connectivity index (χ2n) is 9.64. The smallest absolute Gasteiger partial charge is 0.271 e. The van der Waals surface area contributed by atoms with Gasteiger partial charge >= 0.3 is 0 Å². The van der Waals surface area contributed by atoms with E-state index in [1.54, 1.807) is 18.3 Å². The van der Waals surface area contributed by atoms with Crippen LogP contribution in [0.15, 0.2) is 102 Å². The molecule has 3 aromatic carbocycles. The SMILES string of the molecule is CN1/C(=C\C=N\NC(=O)c2ccccc2)C(CCN2CCCCC2)(c2ccccc2)c2ccccc21. The van der Waals surface area contributed by atoms with Gasteiger partial charge in [0.25, 0.3) is 5.91 Å². The van der Waals surface area contributed by atoms with Crippen molar-refractivity contribution in [2.24, 2.45) is 5.10 Å². The van der Waals surface area contributed by atoms with Gasteiger partial charge < -0.3 is 9.80 Å². The molecule has 184 valence electrons. The van der Waals surface area contributed by atoms with Crippen LogP contribution in [-0.4, -0.2) is 43.7 Å². The quantitative estimate of drug-likeness (QED) is 0.355. The van der Waals surface area contributed by atoms with Crippen LogP contribution in [0.3, 0.4) is 0 Å². The number of nitrogens with one attached hydrogen (secondary N) is 1. The molecular formula is C31H34N4O. The normalized spacial score (nSPS) is 21.1. The number of carbonyl (C=O) groups is 1. The largest absolute Gasteiger partial charge is 0.347 e. The second kappa shape index (κ2) is 10.9. The Hall–Kier alpha value is -3.70. The summed E-state index contributed by atoms with van der Waals surface area (Å²) in [6.45, 7) is 3.39. The Balaban J connectivity index is 1.50. The zero-order valence-corrected chi connectivity index (χ0v) is 20.9. The number of likely N-dealkylation sites (tertiary alicyclic amines) is 1. The van der Waals surface area contributed by atoms with Gasteiger partial charge in [-0.1, -0.05) is 73.2 Å². The lowest BCUT2D eigenvalue weighted by molar-refractivity contribution is 0.0955. The minimum atomic E-state index is -0.292. The van der Waals surface area contributed by atoms with E-state index in [-0.39, 0.29) is 11.3 Å². The van der Waals surface area contributed by atoms with Gasteiger partial charge in [-0.15, -0.1) is 0 Å². The van der Waals surface area contributed by atoms with Gasteiger partial charge in [-0.25, -0.2) is 5.43 Å². The third-order valence-corrected chi connectivity index (χ3v) is 7.55. The zero-order valence-electron chi connectivity index (χ0n) is 20.9. The van der Waals surface area contributed by atoms with E-state index in [2.05, 4.69) is 88.0 Å². The average molecular weight is 479 g/mol. The molecule has 2 aliphatic heterocycles. The lowest BCUT2D eigenvalue weighted by Gasteiger charge is -2.36. The third-order valence-electron chi connectivity index (χ3n) is 7.55.